The van der Waals surface area contributed by atoms with Crippen LogP contribution in [0.1, 0.15) is 30.0 Å². The molecule has 0 aliphatic carbocycles. The number of nitrogens with zero attached hydrogens (tertiary/aromatic N) is 4. The maximum absolute atomic E-state index is 13.0. The zero-order valence-corrected chi connectivity index (χ0v) is 18.4. The third-order valence-corrected chi connectivity index (χ3v) is 8.04. The van der Waals surface area contributed by atoms with Crippen molar-refractivity contribution in [3.63, 3.8) is 0 Å². The Bertz CT molecular complexity index is 1390. The van der Waals surface area contributed by atoms with E-state index in [1.54, 1.807) is 40.8 Å². The molecule has 2 aromatic heterocycles. The molecule has 1 saturated heterocycles. The van der Waals surface area contributed by atoms with Crippen LogP contribution in [-0.4, -0.2) is 40.0 Å². The summed E-state index contributed by atoms with van der Waals surface area (Å²) in [5.74, 6) is 0.0912. The minimum Gasteiger partial charge on any atom is -0.325 e. The molecule has 4 aromatic rings. The van der Waals surface area contributed by atoms with Crippen molar-refractivity contribution in [2.75, 3.05) is 13.1 Å². The van der Waals surface area contributed by atoms with E-state index in [4.69, 9.17) is 0 Å². The van der Waals surface area contributed by atoms with Crippen molar-refractivity contribution in [1.29, 1.82) is 0 Å². The topological polar surface area (TPSA) is 76.7 Å². The van der Waals surface area contributed by atoms with Gasteiger partial charge >= 0.3 is 0 Å². The smallest absolute Gasteiger partial charge is 0.274 e. The van der Waals surface area contributed by atoms with E-state index in [1.165, 1.54) is 4.52 Å². The quantitative estimate of drug-likeness (QED) is 0.470. The highest BCUT2D eigenvalue weighted by Crippen LogP contribution is 2.31. The van der Waals surface area contributed by atoms with Gasteiger partial charge < -0.3 is 4.57 Å². The van der Waals surface area contributed by atoms with E-state index in [9.17, 15) is 13.2 Å². The average Bonchev–Trinajstić information content (AvgIpc) is 3.33. The third-order valence-electron chi connectivity index (χ3n) is 6.13. The van der Waals surface area contributed by atoms with Gasteiger partial charge in [0, 0.05) is 43.4 Å². The molecule has 8 heteroatoms. The standard InChI is InChI=1S/C24H24N4O3S/c29-24-17-22(27(23-11-14-25-28(23)24)18-19-7-3-1-4-8-19)20-12-15-26(16-13-20)32(30,31)21-9-5-2-6-10-21/h1-11,14,17,20H,12-13,15-16,18H2. The number of hydrogen-bond donors (Lipinski definition) is 0. The molecular formula is C24H24N4O3S. The molecule has 1 aliphatic heterocycles. The molecule has 5 rings (SSSR count). The molecule has 0 unspecified atom stereocenters. The van der Waals surface area contributed by atoms with E-state index in [2.05, 4.69) is 21.8 Å². The van der Waals surface area contributed by atoms with Crippen LogP contribution in [0, 0.1) is 0 Å². The fourth-order valence-electron chi connectivity index (χ4n) is 4.48. The van der Waals surface area contributed by atoms with Gasteiger partial charge in [-0.05, 0) is 30.5 Å². The Morgan fingerprint density at radius 1 is 0.906 bits per heavy atom. The first-order chi connectivity index (χ1) is 15.5. The number of benzene rings is 2. The van der Waals surface area contributed by atoms with E-state index in [0.29, 0.717) is 37.4 Å². The van der Waals surface area contributed by atoms with Crippen molar-refractivity contribution in [2.24, 2.45) is 0 Å². The Morgan fingerprint density at radius 2 is 1.56 bits per heavy atom. The molecule has 0 bridgehead atoms. The van der Waals surface area contributed by atoms with Gasteiger partial charge in [0.2, 0.25) is 10.0 Å². The van der Waals surface area contributed by atoms with Crippen molar-refractivity contribution < 1.29 is 8.42 Å². The van der Waals surface area contributed by atoms with Crippen LogP contribution in [0.25, 0.3) is 5.65 Å². The van der Waals surface area contributed by atoms with Crippen molar-refractivity contribution in [1.82, 2.24) is 18.5 Å². The number of aromatic nitrogens is 3. The van der Waals surface area contributed by atoms with Crippen LogP contribution in [0.3, 0.4) is 0 Å². The van der Waals surface area contributed by atoms with Crippen LogP contribution in [0.5, 0.6) is 0 Å². The van der Waals surface area contributed by atoms with Crippen molar-refractivity contribution >= 4 is 15.7 Å². The lowest BCUT2D eigenvalue weighted by molar-refractivity contribution is 0.312. The number of fused-ring (bicyclic) bond motifs is 1. The Hall–Kier alpha value is -3.23. The lowest BCUT2D eigenvalue weighted by Gasteiger charge is -2.32. The number of hydrogen-bond acceptors (Lipinski definition) is 4. The molecule has 32 heavy (non-hydrogen) atoms. The van der Waals surface area contributed by atoms with Crippen LogP contribution in [0.15, 0.2) is 88.7 Å². The van der Waals surface area contributed by atoms with Crippen LogP contribution in [-0.2, 0) is 16.6 Å². The van der Waals surface area contributed by atoms with Crippen molar-refractivity contribution in [2.45, 2.75) is 30.2 Å². The summed E-state index contributed by atoms with van der Waals surface area (Å²) < 4.78 is 31.1. The maximum Gasteiger partial charge on any atom is 0.274 e. The van der Waals surface area contributed by atoms with E-state index >= 15 is 0 Å². The molecule has 3 heterocycles. The van der Waals surface area contributed by atoms with E-state index in [1.807, 2.05) is 30.3 Å². The lowest BCUT2D eigenvalue weighted by atomic mass is 9.93. The average molecular weight is 449 g/mol. The monoisotopic (exact) mass is 448 g/mol. The largest absolute Gasteiger partial charge is 0.325 e. The predicted molar refractivity (Wildman–Crippen MR) is 122 cm³/mol. The SMILES string of the molecule is O=c1cc(C2CCN(S(=O)(=O)c3ccccc3)CC2)n(Cc2ccccc2)c2ccnn12. The van der Waals surface area contributed by atoms with Gasteiger partial charge in [0.1, 0.15) is 5.65 Å². The first-order valence-electron chi connectivity index (χ1n) is 10.7. The second-order valence-corrected chi connectivity index (χ2v) is 10.0. The first-order valence-corrected chi connectivity index (χ1v) is 12.1. The fraction of sp³-hybridized carbons (Fsp3) is 0.250. The minimum atomic E-state index is -3.51. The number of rotatable bonds is 5. The predicted octanol–water partition coefficient (Wildman–Crippen LogP) is 3.11. The maximum atomic E-state index is 13.0. The minimum absolute atomic E-state index is 0.0912. The van der Waals surface area contributed by atoms with E-state index < -0.39 is 10.0 Å². The summed E-state index contributed by atoms with van der Waals surface area (Å²) in [6.45, 7) is 1.46. The fourth-order valence-corrected chi connectivity index (χ4v) is 5.97. The normalized spacial score (nSPS) is 15.9. The van der Waals surface area contributed by atoms with Crippen molar-refractivity contribution in [3.8, 4) is 0 Å². The van der Waals surface area contributed by atoms with Gasteiger partial charge in [-0.3, -0.25) is 4.79 Å². The molecule has 1 fully saturated rings. The molecule has 0 N–H and O–H groups in total. The van der Waals surface area contributed by atoms with Gasteiger partial charge in [-0.2, -0.15) is 13.9 Å². The van der Waals surface area contributed by atoms with Gasteiger partial charge in [-0.15, -0.1) is 0 Å². The van der Waals surface area contributed by atoms with Gasteiger partial charge in [0.05, 0.1) is 11.1 Å². The summed E-state index contributed by atoms with van der Waals surface area (Å²) >= 11 is 0. The molecule has 164 valence electrons. The highest BCUT2D eigenvalue weighted by atomic mass is 32.2. The molecule has 0 amide bonds. The molecule has 0 radical (unpaired) electrons. The van der Waals surface area contributed by atoms with Gasteiger partial charge in [-0.1, -0.05) is 48.5 Å². The van der Waals surface area contributed by atoms with E-state index in [-0.39, 0.29) is 11.5 Å². The van der Waals surface area contributed by atoms with Gasteiger partial charge in [0.25, 0.3) is 5.56 Å². The highest BCUT2D eigenvalue weighted by molar-refractivity contribution is 7.89. The molecule has 0 atom stereocenters. The number of piperidine rings is 1. The zero-order chi connectivity index (χ0) is 22.1. The number of sulfonamides is 1. The van der Waals surface area contributed by atoms with E-state index in [0.717, 1.165) is 16.9 Å². The first kappa shape index (κ1) is 20.7. The molecule has 7 nitrogen and oxygen atoms in total. The zero-order valence-electron chi connectivity index (χ0n) is 17.5. The summed E-state index contributed by atoms with van der Waals surface area (Å²) in [5, 5.41) is 4.18. The summed E-state index contributed by atoms with van der Waals surface area (Å²) in [6, 6.07) is 22.2. The van der Waals surface area contributed by atoms with Crippen LogP contribution in [0.2, 0.25) is 0 Å². The summed E-state index contributed by atoms with van der Waals surface area (Å²) in [5.41, 5.74) is 2.65. The molecule has 2 aromatic carbocycles. The Labute approximate surface area is 186 Å². The van der Waals surface area contributed by atoms with Gasteiger partial charge in [-0.25, -0.2) is 8.42 Å². The second-order valence-electron chi connectivity index (χ2n) is 8.07. The highest BCUT2D eigenvalue weighted by Gasteiger charge is 2.31. The summed E-state index contributed by atoms with van der Waals surface area (Å²) in [7, 11) is -3.51. The molecule has 0 spiro atoms. The summed E-state index contributed by atoms with van der Waals surface area (Å²) in [6.07, 6.45) is 2.95. The van der Waals surface area contributed by atoms with Crippen LogP contribution < -0.4 is 5.56 Å². The molecule has 1 aliphatic rings. The van der Waals surface area contributed by atoms with Crippen LogP contribution >= 0.6 is 0 Å². The molecular weight excluding hydrogens is 424 g/mol. The molecule has 0 saturated carbocycles. The Morgan fingerprint density at radius 3 is 2.25 bits per heavy atom. The van der Waals surface area contributed by atoms with Crippen molar-refractivity contribution in [3.05, 3.63) is 101 Å². The van der Waals surface area contributed by atoms with Gasteiger partial charge in [0.15, 0.2) is 0 Å². The summed E-state index contributed by atoms with van der Waals surface area (Å²) in [4.78, 5) is 13.0. The Kier molecular flexibility index (Phi) is 5.40. The lowest BCUT2D eigenvalue weighted by Crippen LogP contribution is -2.38. The second kappa shape index (κ2) is 8.37. The van der Waals surface area contributed by atoms with Crippen LogP contribution in [0.4, 0.5) is 0 Å². The third kappa shape index (κ3) is 3.76. The Balaban J connectivity index is 1.46.